The molecule has 3 saturated heterocycles. The van der Waals surface area contributed by atoms with Gasteiger partial charge in [-0.05, 0) is 62.5 Å². The second-order valence-corrected chi connectivity index (χ2v) is 13.0. The van der Waals surface area contributed by atoms with E-state index < -0.39 is 5.97 Å². The molecule has 3 unspecified atom stereocenters. The number of hydrogen-bond donors (Lipinski definition) is 1. The molecule has 38 heavy (non-hydrogen) atoms. The maximum absolute atomic E-state index is 14.0. The van der Waals surface area contributed by atoms with E-state index in [1.54, 1.807) is 0 Å². The fourth-order valence-corrected chi connectivity index (χ4v) is 8.31. The van der Waals surface area contributed by atoms with Crippen molar-refractivity contribution in [1.29, 1.82) is 0 Å². The van der Waals surface area contributed by atoms with Crippen LogP contribution < -0.4 is 10.5 Å². The molecule has 1 saturated carbocycles. The minimum Gasteiger partial charge on any atom is -0.481 e. The molecule has 2 aromatic rings. The first-order chi connectivity index (χ1) is 18.4. The minimum atomic E-state index is -0.774. The van der Waals surface area contributed by atoms with Crippen molar-refractivity contribution in [3.63, 3.8) is 0 Å². The Bertz CT molecular complexity index is 1190. The summed E-state index contributed by atoms with van der Waals surface area (Å²) in [5, 5.41) is 9.16. The van der Waals surface area contributed by atoms with E-state index in [9.17, 15) is 9.59 Å². The monoisotopic (exact) mass is 520 g/mol. The van der Waals surface area contributed by atoms with E-state index in [0.29, 0.717) is 37.0 Å². The normalized spacial score (nSPS) is 32.9. The Kier molecular flexibility index (Phi) is 7.23. The van der Waals surface area contributed by atoms with Gasteiger partial charge in [0.1, 0.15) is 0 Å². The average Bonchev–Trinajstić information content (AvgIpc) is 3.16. The van der Waals surface area contributed by atoms with E-state index in [2.05, 4.69) is 23.3 Å². The molecule has 4 aliphatic rings. The van der Waals surface area contributed by atoms with Crippen LogP contribution in [0.4, 0.5) is 5.82 Å². The van der Waals surface area contributed by atoms with E-state index >= 15 is 0 Å². The van der Waals surface area contributed by atoms with Crippen molar-refractivity contribution in [2.24, 2.45) is 17.8 Å². The Morgan fingerprint density at radius 2 is 1.53 bits per heavy atom. The standard InChI is InChI=1S/C31H44N4O3/c1-20-7-3-4-8-21(2)14-25(13-20)34-23-11-12-24(34)17-26(16-23)35-28-10-6-5-9-27(28)32-30(31(35)38)33-18-22(19-33)15-29(36)37/h5-6,9-10,20-26H,3-4,7-8,11-19H2,1-2H3,(H,36,37)/t20-,21?,23-,24+,25?,26?/m0/s1. The molecular formula is C31H44N4O3. The summed E-state index contributed by atoms with van der Waals surface area (Å²) < 4.78 is 2.07. The van der Waals surface area contributed by atoms with Crippen LogP contribution in [0.2, 0.25) is 0 Å². The molecule has 7 heteroatoms. The summed E-state index contributed by atoms with van der Waals surface area (Å²) in [5.41, 5.74) is 1.80. The highest BCUT2D eigenvalue weighted by Crippen LogP contribution is 2.45. The second-order valence-electron chi connectivity index (χ2n) is 13.0. The Balaban J connectivity index is 1.27. The van der Waals surface area contributed by atoms with Crippen molar-refractivity contribution in [3.8, 4) is 0 Å². The van der Waals surface area contributed by atoms with Gasteiger partial charge in [0.25, 0.3) is 5.56 Å². The molecule has 4 fully saturated rings. The Labute approximate surface area is 226 Å². The highest BCUT2D eigenvalue weighted by molar-refractivity contribution is 5.77. The third-order valence-electron chi connectivity index (χ3n) is 10.0. The summed E-state index contributed by atoms with van der Waals surface area (Å²) in [5.74, 6) is 1.39. The first-order valence-corrected chi connectivity index (χ1v) is 15.1. The number of para-hydroxylation sites is 2. The second kappa shape index (κ2) is 10.6. The number of aliphatic carboxylic acids is 1. The molecule has 1 aromatic heterocycles. The van der Waals surface area contributed by atoms with Gasteiger partial charge in [-0.1, -0.05) is 51.7 Å². The van der Waals surface area contributed by atoms with E-state index in [1.165, 1.54) is 51.4 Å². The van der Waals surface area contributed by atoms with Gasteiger partial charge in [0.15, 0.2) is 5.82 Å². The zero-order valence-electron chi connectivity index (χ0n) is 23.1. The Morgan fingerprint density at radius 1 is 0.895 bits per heavy atom. The van der Waals surface area contributed by atoms with E-state index in [4.69, 9.17) is 10.1 Å². The molecule has 4 heterocycles. The zero-order valence-corrected chi connectivity index (χ0v) is 23.1. The lowest BCUT2D eigenvalue weighted by Crippen LogP contribution is -2.52. The van der Waals surface area contributed by atoms with Crippen LogP contribution in [0.5, 0.6) is 0 Å². The van der Waals surface area contributed by atoms with E-state index in [-0.39, 0.29) is 23.9 Å². The van der Waals surface area contributed by atoms with Crippen LogP contribution in [-0.4, -0.2) is 56.7 Å². The summed E-state index contributed by atoms with van der Waals surface area (Å²) in [7, 11) is 0. The lowest BCUT2D eigenvalue weighted by Gasteiger charge is -2.46. The molecule has 6 atom stereocenters. The van der Waals surface area contributed by atoms with E-state index in [1.807, 2.05) is 29.2 Å². The number of hydrogen-bond acceptors (Lipinski definition) is 5. The molecule has 1 N–H and O–H groups in total. The third kappa shape index (κ3) is 4.99. The van der Waals surface area contributed by atoms with Gasteiger partial charge < -0.3 is 14.6 Å². The van der Waals surface area contributed by atoms with Gasteiger partial charge >= 0.3 is 5.97 Å². The van der Waals surface area contributed by atoms with Crippen molar-refractivity contribution < 1.29 is 9.90 Å². The number of carboxylic acids is 1. The largest absolute Gasteiger partial charge is 0.481 e. The van der Waals surface area contributed by atoms with Crippen molar-refractivity contribution in [1.82, 2.24) is 14.5 Å². The lowest BCUT2D eigenvalue weighted by atomic mass is 9.87. The Morgan fingerprint density at radius 3 is 2.16 bits per heavy atom. The summed E-state index contributed by atoms with van der Waals surface area (Å²) in [4.78, 5) is 34.8. The maximum Gasteiger partial charge on any atom is 0.303 e. The number of aromatic nitrogens is 2. The van der Waals surface area contributed by atoms with Gasteiger partial charge in [-0.2, -0.15) is 0 Å². The molecule has 0 radical (unpaired) electrons. The van der Waals surface area contributed by atoms with Gasteiger partial charge in [0.05, 0.1) is 17.5 Å². The summed E-state index contributed by atoms with van der Waals surface area (Å²) in [6, 6.07) is 10.0. The van der Waals surface area contributed by atoms with E-state index in [0.717, 1.165) is 35.7 Å². The molecule has 0 amide bonds. The smallest absolute Gasteiger partial charge is 0.303 e. The highest BCUT2D eigenvalue weighted by Gasteiger charge is 2.45. The fourth-order valence-electron chi connectivity index (χ4n) is 8.31. The number of fused-ring (bicyclic) bond motifs is 3. The number of anilines is 1. The predicted octanol–water partition coefficient (Wildman–Crippen LogP) is 5.47. The summed E-state index contributed by atoms with van der Waals surface area (Å²) in [6.45, 7) is 6.10. The number of nitrogens with zero attached hydrogens (tertiary/aromatic N) is 4. The molecular weight excluding hydrogens is 476 g/mol. The molecule has 7 nitrogen and oxygen atoms in total. The first kappa shape index (κ1) is 25.8. The predicted molar refractivity (Wildman–Crippen MR) is 151 cm³/mol. The maximum atomic E-state index is 14.0. The number of carboxylic acid groups (broad SMARTS) is 1. The first-order valence-electron chi connectivity index (χ1n) is 15.1. The van der Waals surface area contributed by atoms with Gasteiger partial charge in [0.2, 0.25) is 0 Å². The molecule has 3 aliphatic heterocycles. The SMILES string of the molecule is CC1CCCC[C@H](C)CC(N2[C@@H]3CC[C@H]2CC(n2c(=O)c(N4CC(CC(=O)O)C4)nc4ccccc42)C3)C1. The minimum absolute atomic E-state index is 0.0000102. The number of piperidine rings is 1. The molecule has 1 aliphatic carbocycles. The van der Waals surface area contributed by atoms with Crippen molar-refractivity contribution in [2.75, 3.05) is 18.0 Å². The van der Waals surface area contributed by atoms with Crippen LogP contribution in [0.25, 0.3) is 11.0 Å². The van der Waals surface area contributed by atoms with Crippen molar-refractivity contribution in [3.05, 3.63) is 34.6 Å². The van der Waals surface area contributed by atoms with Gasteiger partial charge in [-0.25, -0.2) is 4.98 Å². The zero-order chi connectivity index (χ0) is 26.4. The highest BCUT2D eigenvalue weighted by atomic mass is 16.4. The van der Waals surface area contributed by atoms with Crippen LogP contribution in [0.1, 0.15) is 90.5 Å². The lowest BCUT2D eigenvalue weighted by molar-refractivity contribution is -0.138. The van der Waals surface area contributed by atoms with Gasteiger partial charge in [-0.15, -0.1) is 0 Å². The molecule has 2 bridgehead atoms. The molecule has 206 valence electrons. The number of benzene rings is 1. The third-order valence-corrected chi connectivity index (χ3v) is 10.0. The van der Waals surface area contributed by atoms with Crippen LogP contribution in [0, 0.1) is 17.8 Å². The quantitative estimate of drug-likeness (QED) is 0.563. The van der Waals surface area contributed by atoms with Crippen LogP contribution >= 0.6 is 0 Å². The summed E-state index contributed by atoms with van der Waals surface area (Å²) in [6.07, 6.45) is 12.8. The van der Waals surface area contributed by atoms with Crippen molar-refractivity contribution >= 4 is 22.8 Å². The van der Waals surface area contributed by atoms with Crippen LogP contribution in [0.15, 0.2) is 29.1 Å². The van der Waals surface area contributed by atoms with Crippen LogP contribution in [-0.2, 0) is 4.79 Å². The van der Waals surface area contributed by atoms with Gasteiger partial charge in [0, 0.05) is 43.2 Å². The van der Waals surface area contributed by atoms with Crippen molar-refractivity contribution in [2.45, 2.75) is 109 Å². The topological polar surface area (TPSA) is 78.7 Å². The fraction of sp³-hybridized carbons (Fsp3) is 0.710. The average molecular weight is 521 g/mol. The van der Waals surface area contributed by atoms with Gasteiger partial charge in [-0.3, -0.25) is 14.5 Å². The Hall–Kier alpha value is -2.41. The van der Waals surface area contributed by atoms with Crippen LogP contribution in [0.3, 0.4) is 0 Å². The molecule has 6 rings (SSSR count). The number of rotatable bonds is 5. The number of carbonyl (C=O) groups is 1. The molecule has 1 aromatic carbocycles. The molecule has 0 spiro atoms. The summed E-state index contributed by atoms with van der Waals surface area (Å²) >= 11 is 0.